The molecule has 0 bridgehead atoms. The minimum Gasteiger partial charge on any atom is -0.355 e. The van der Waals surface area contributed by atoms with Gasteiger partial charge in [0.2, 0.25) is 0 Å². The van der Waals surface area contributed by atoms with Crippen LogP contribution in [-0.4, -0.2) is 34.3 Å². The highest BCUT2D eigenvalue weighted by Gasteiger charge is 2.18. The third-order valence-corrected chi connectivity index (χ3v) is 5.37. The molecule has 0 fully saturated rings. The zero-order chi connectivity index (χ0) is 16.8. The maximum Gasteiger partial charge on any atom is 0.191 e. The van der Waals surface area contributed by atoms with Crippen molar-refractivity contribution in [3.8, 4) is 0 Å². The summed E-state index contributed by atoms with van der Waals surface area (Å²) >= 11 is 0. The largest absolute Gasteiger partial charge is 0.355 e. The number of hydrogen-bond acceptors (Lipinski definition) is 2. The first kappa shape index (κ1) is 22.4. The molecule has 0 spiro atoms. The fourth-order valence-corrected chi connectivity index (χ4v) is 2.91. The van der Waals surface area contributed by atoms with Crippen LogP contribution >= 0.6 is 24.0 Å². The molecule has 132 valence electrons. The molecule has 1 aromatic carbocycles. The monoisotopic (exact) mass is 451 g/mol. The summed E-state index contributed by atoms with van der Waals surface area (Å²) in [5.41, 5.74) is 3.80. The van der Waals surface area contributed by atoms with Gasteiger partial charge in [0.1, 0.15) is 0 Å². The number of halogens is 1. The van der Waals surface area contributed by atoms with Gasteiger partial charge in [0, 0.05) is 41.4 Å². The van der Waals surface area contributed by atoms with Crippen LogP contribution in [0.3, 0.4) is 0 Å². The number of benzene rings is 1. The third kappa shape index (κ3) is 8.15. The Kier molecular flexibility index (Phi) is 10.00. The Morgan fingerprint density at radius 1 is 1.22 bits per heavy atom. The molecule has 6 heteroatoms. The van der Waals surface area contributed by atoms with E-state index in [-0.39, 0.29) is 28.7 Å². The zero-order valence-electron chi connectivity index (χ0n) is 15.0. The minimum atomic E-state index is -0.847. The molecule has 0 aliphatic carbocycles. The van der Waals surface area contributed by atoms with Crippen molar-refractivity contribution in [2.24, 2.45) is 4.99 Å². The van der Waals surface area contributed by atoms with Gasteiger partial charge < -0.3 is 10.6 Å². The summed E-state index contributed by atoms with van der Waals surface area (Å²) in [6.07, 6.45) is 0. The topological polar surface area (TPSA) is 53.5 Å². The lowest BCUT2D eigenvalue weighted by molar-refractivity contribution is 0.647. The standard InChI is InChI=1S/C17H29N3OS.HI/c1-13-7-8-15(14(2)11-13)12-20-16(18-6)19-9-10-22(21)17(3,4)5;/h7-8,11H,9-10,12H2,1-6H3,(H2,18,19,20);1H. The second-order valence-electron chi connectivity index (χ2n) is 6.44. The number of hydrogen-bond donors (Lipinski definition) is 2. The van der Waals surface area contributed by atoms with Crippen LogP contribution in [0, 0.1) is 13.8 Å². The molecule has 0 amide bonds. The van der Waals surface area contributed by atoms with Crippen molar-refractivity contribution >= 4 is 40.7 Å². The van der Waals surface area contributed by atoms with Gasteiger partial charge in [0.05, 0.1) is 0 Å². The second-order valence-corrected chi connectivity index (χ2v) is 8.77. The van der Waals surface area contributed by atoms with Gasteiger partial charge in [-0.05, 0) is 45.7 Å². The van der Waals surface area contributed by atoms with Crippen molar-refractivity contribution in [3.05, 3.63) is 34.9 Å². The van der Waals surface area contributed by atoms with E-state index in [1.807, 2.05) is 20.8 Å². The molecule has 0 aromatic heterocycles. The van der Waals surface area contributed by atoms with Gasteiger partial charge >= 0.3 is 0 Å². The molecular formula is C17H30IN3OS. The molecule has 1 unspecified atom stereocenters. The van der Waals surface area contributed by atoms with Gasteiger partial charge in [0.25, 0.3) is 0 Å². The Hall–Kier alpha value is -0.630. The highest BCUT2D eigenvalue weighted by molar-refractivity contribution is 14.0. The van der Waals surface area contributed by atoms with Crippen LogP contribution in [0.5, 0.6) is 0 Å². The third-order valence-electron chi connectivity index (χ3n) is 3.43. The average molecular weight is 451 g/mol. The maximum atomic E-state index is 12.0. The number of aliphatic imine (C=N–C) groups is 1. The van der Waals surface area contributed by atoms with Gasteiger partial charge in [-0.25, -0.2) is 0 Å². The van der Waals surface area contributed by atoms with Gasteiger partial charge in [-0.2, -0.15) is 0 Å². The van der Waals surface area contributed by atoms with Crippen molar-refractivity contribution in [3.63, 3.8) is 0 Å². The average Bonchev–Trinajstić information content (AvgIpc) is 2.42. The van der Waals surface area contributed by atoms with E-state index in [1.54, 1.807) is 7.05 Å². The molecule has 0 aliphatic heterocycles. The van der Waals surface area contributed by atoms with Crippen LogP contribution in [0.2, 0.25) is 0 Å². The van der Waals surface area contributed by atoms with Gasteiger partial charge in [-0.15, -0.1) is 24.0 Å². The summed E-state index contributed by atoms with van der Waals surface area (Å²) in [6, 6.07) is 6.44. The quantitative estimate of drug-likeness (QED) is 0.411. The second kappa shape index (κ2) is 10.3. The Morgan fingerprint density at radius 3 is 2.39 bits per heavy atom. The molecule has 1 atom stereocenters. The number of nitrogens with one attached hydrogen (secondary N) is 2. The molecule has 0 radical (unpaired) electrons. The van der Waals surface area contributed by atoms with E-state index in [0.717, 1.165) is 12.5 Å². The molecule has 1 rings (SSSR count). The first-order valence-electron chi connectivity index (χ1n) is 7.63. The van der Waals surface area contributed by atoms with E-state index in [4.69, 9.17) is 0 Å². The highest BCUT2D eigenvalue weighted by atomic mass is 127. The summed E-state index contributed by atoms with van der Waals surface area (Å²) in [5.74, 6) is 1.36. The SMILES string of the molecule is CN=C(NCCS(=O)C(C)(C)C)NCc1ccc(C)cc1C.I. The summed E-state index contributed by atoms with van der Waals surface area (Å²) in [6.45, 7) is 11.6. The lowest BCUT2D eigenvalue weighted by Gasteiger charge is -2.18. The van der Waals surface area contributed by atoms with E-state index in [2.05, 4.69) is 47.7 Å². The minimum absolute atomic E-state index is 0. The Balaban J connectivity index is 0.00000484. The van der Waals surface area contributed by atoms with Crippen LogP contribution < -0.4 is 10.6 Å². The predicted octanol–water partition coefficient (Wildman–Crippen LogP) is 3.13. The van der Waals surface area contributed by atoms with Crippen molar-refractivity contribution in [1.29, 1.82) is 0 Å². The normalized spacial score (nSPS) is 13.2. The Labute approximate surface area is 160 Å². The van der Waals surface area contributed by atoms with Crippen LogP contribution in [0.1, 0.15) is 37.5 Å². The fraction of sp³-hybridized carbons (Fsp3) is 0.588. The first-order chi connectivity index (χ1) is 10.2. The Bertz CT molecular complexity index is 553. The van der Waals surface area contributed by atoms with E-state index in [0.29, 0.717) is 12.3 Å². The maximum absolute atomic E-state index is 12.0. The number of guanidine groups is 1. The van der Waals surface area contributed by atoms with Crippen LogP contribution in [0.25, 0.3) is 0 Å². The predicted molar refractivity (Wildman–Crippen MR) is 112 cm³/mol. The lowest BCUT2D eigenvalue weighted by Crippen LogP contribution is -2.40. The van der Waals surface area contributed by atoms with Gasteiger partial charge in [0.15, 0.2) is 5.96 Å². The summed E-state index contributed by atoms with van der Waals surface area (Å²) in [5, 5.41) is 6.52. The summed E-state index contributed by atoms with van der Waals surface area (Å²) in [7, 11) is 0.901. The van der Waals surface area contributed by atoms with Gasteiger partial charge in [-0.1, -0.05) is 23.8 Å². The molecule has 4 nitrogen and oxygen atoms in total. The molecule has 23 heavy (non-hydrogen) atoms. The molecule has 0 heterocycles. The highest BCUT2D eigenvalue weighted by Crippen LogP contribution is 2.11. The van der Waals surface area contributed by atoms with E-state index < -0.39 is 10.8 Å². The van der Waals surface area contributed by atoms with Crippen molar-refractivity contribution in [1.82, 2.24) is 10.6 Å². The van der Waals surface area contributed by atoms with E-state index >= 15 is 0 Å². The van der Waals surface area contributed by atoms with Gasteiger partial charge in [-0.3, -0.25) is 9.20 Å². The van der Waals surface area contributed by atoms with Crippen molar-refractivity contribution < 1.29 is 4.21 Å². The fourth-order valence-electron chi connectivity index (χ4n) is 2.01. The smallest absolute Gasteiger partial charge is 0.191 e. The molecular weight excluding hydrogens is 421 g/mol. The molecule has 0 saturated carbocycles. The number of aryl methyl sites for hydroxylation is 2. The van der Waals surface area contributed by atoms with Crippen LogP contribution in [0.15, 0.2) is 23.2 Å². The summed E-state index contributed by atoms with van der Waals surface area (Å²) in [4.78, 5) is 4.20. The first-order valence-corrected chi connectivity index (χ1v) is 8.95. The number of rotatable bonds is 5. The lowest BCUT2D eigenvalue weighted by atomic mass is 10.1. The van der Waals surface area contributed by atoms with Crippen molar-refractivity contribution in [2.75, 3.05) is 19.3 Å². The molecule has 0 aliphatic rings. The Morgan fingerprint density at radius 2 is 1.87 bits per heavy atom. The molecule has 2 N–H and O–H groups in total. The zero-order valence-corrected chi connectivity index (χ0v) is 18.2. The van der Waals surface area contributed by atoms with Crippen LogP contribution in [0.4, 0.5) is 0 Å². The summed E-state index contributed by atoms with van der Waals surface area (Å²) < 4.78 is 11.8. The van der Waals surface area contributed by atoms with Crippen LogP contribution in [-0.2, 0) is 17.3 Å². The molecule has 0 saturated heterocycles. The van der Waals surface area contributed by atoms with E-state index in [9.17, 15) is 4.21 Å². The van der Waals surface area contributed by atoms with Crippen molar-refractivity contribution in [2.45, 2.75) is 45.9 Å². The van der Waals surface area contributed by atoms with E-state index in [1.165, 1.54) is 16.7 Å². The number of nitrogens with zero attached hydrogens (tertiary/aromatic N) is 1. The molecule has 1 aromatic rings.